The van der Waals surface area contributed by atoms with Crippen molar-refractivity contribution in [1.29, 1.82) is 5.41 Å². The molecule has 0 radical (unpaired) electrons. The highest BCUT2D eigenvalue weighted by Gasteiger charge is 2.41. The van der Waals surface area contributed by atoms with E-state index in [4.69, 9.17) is 14.9 Å². The molecule has 10 rings (SSSR count). The summed E-state index contributed by atoms with van der Waals surface area (Å²) in [6.07, 6.45) is 6.27. The number of nitrogens with one attached hydrogen (secondary N) is 4. The topological polar surface area (TPSA) is 196 Å². The van der Waals surface area contributed by atoms with Gasteiger partial charge in [-0.05, 0) is 69.1 Å². The van der Waals surface area contributed by atoms with Crippen LogP contribution in [0.15, 0.2) is 57.9 Å². The predicted octanol–water partition coefficient (Wildman–Crippen LogP) is 3.54. The smallest absolute Gasteiger partial charge is 0.329 e. The van der Waals surface area contributed by atoms with E-state index in [0.717, 1.165) is 43.2 Å². The second-order valence-electron chi connectivity index (χ2n) is 18.7. The largest absolute Gasteiger partial charge is 0.375 e. The van der Waals surface area contributed by atoms with E-state index in [0.29, 0.717) is 75.9 Å². The van der Waals surface area contributed by atoms with Crippen LogP contribution in [0.2, 0.25) is 0 Å². The molecule has 66 heavy (non-hydrogen) atoms. The van der Waals surface area contributed by atoms with E-state index < -0.39 is 42.3 Å². The van der Waals surface area contributed by atoms with Gasteiger partial charge in [0.2, 0.25) is 11.8 Å². The van der Waals surface area contributed by atoms with Gasteiger partial charge in [0.1, 0.15) is 23.9 Å². The van der Waals surface area contributed by atoms with E-state index in [9.17, 15) is 28.0 Å². The molecule has 1 aromatic carbocycles. The van der Waals surface area contributed by atoms with Crippen molar-refractivity contribution in [2.45, 2.75) is 94.3 Å². The fourth-order valence-electron chi connectivity index (χ4n) is 10.9. The van der Waals surface area contributed by atoms with Crippen LogP contribution in [-0.2, 0) is 30.9 Å². The monoisotopic (exact) mass is 916 g/mol. The number of rotatable bonds is 12. The fraction of sp³-hybridized carbons (Fsp3) is 0.578. The number of halogens is 3. The minimum atomic E-state index is -2.93. The number of hydrogen-bond acceptors (Lipinski definition) is 13. The van der Waals surface area contributed by atoms with Crippen LogP contribution < -0.4 is 26.5 Å². The number of anilines is 2. The second-order valence-corrected chi connectivity index (χ2v) is 18.7. The lowest BCUT2D eigenvalue weighted by Gasteiger charge is -2.43. The number of nitrogens with zero attached hydrogens (tertiary/aromatic N) is 8. The zero-order valence-electron chi connectivity index (χ0n) is 36.7. The Morgan fingerprint density at radius 3 is 2.59 bits per heavy atom. The predicted molar refractivity (Wildman–Crippen MR) is 237 cm³/mol. The lowest BCUT2D eigenvalue weighted by molar-refractivity contribution is -0.135. The Balaban J connectivity index is 0.685. The number of fused-ring (bicyclic) bond motifs is 3. The number of amidine groups is 1. The van der Waals surface area contributed by atoms with Crippen molar-refractivity contribution in [2.24, 2.45) is 23.9 Å². The first-order valence-electron chi connectivity index (χ1n) is 23.0. The van der Waals surface area contributed by atoms with Gasteiger partial charge in [-0.2, -0.15) is 5.10 Å². The van der Waals surface area contributed by atoms with Gasteiger partial charge in [0.05, 0.1) is 65.5 Å². The minimum Gasteiger partial charge on any atom is -0.375 e. The van der Waals surface area contributed by atoms with Crippen molar-refractivity contribution in [3.05, 3.63) is 64.2 Å². The van der Waals surface area contributed by atoms with Crippen molar-refractivity contribution in [3.63, 3.8) is 0 Å². The van der Waals surface area contributed by atoms with Gasteiger partial charge in [-0.15, -0.1) is 0 Å². The van der Waals surface area contributed by atoms with Crippen molar-refractivity contribution in [2.75, 3.05) is 62.7 Å². The molecule has 0 spiro atoms. The molecule has 6 fully saturated rings. The van der Waals surface area contributed by atoms with Gasteiger partial charge in [-0.1, -0.05) is 6.07 Å². The molecule has 1 saturated carbocycles. The highest BCUT2D eigenvalue weighted by Crippen LogP contribution is 2.37. The van der Waals surface area contributed by atoms with Gasteiger partial charge in [0, 0.05) is 77.3 Å². The lowest BCUT2D eigenvalue weighted by atomic mass is 9.85. The number of carbonyl (C=O) groups excluding carboxylic acids is 3. The van der Waals surface area contributed by atoms with Crippen LogP contribution in [0.3, 0.4) is 0 Å². The number of benzene rings is 1. The average molecular weight is 917 g/mol. The van der Waals surface area contributed by atoms with Gasteiger partial charge in [0.25, 0.3) is 12.3 Å². The Morgan fingerprint density at radius 2 is 1.88 bits per heavy atom. The van der Waals surface area contributed by atoms with Crippen LogP contribution in [0.25, 0.3) is 11.0 Å². The summed E-state index contributed by atoms with van der Waals surface area (Å²) in [5, 5.41) is 20.1. The van der Waals surface area contributed by atoms with Gasteiger partial charge in [-0.25, -0.2) is 23.0 Å². The maximum absolute atomic E-state index is 15.6. The average Bonchev–Trinajstić information content (AvgIpc) is 4.09. The number of carbonyl (C=O) groups is 3. The molecule has 352 valence electrons. The zero-order valence-corrected chi connectivity index (χ0v) is 36.7. The summed E-state index contributed by atoms with van der Waals surface area (Å²) in [6, 6.07) is 4.93. The molecule has 7 aliphatic rings. The van der Waals surface area contributed by atoms with Crippen molar-refractivity contribution < 1.29 is 37.0 Å². The molecule has 18 nitrogen and oxygen atoms in total. The number of amides is 3. The van der Waals surface area contributed by atoms with Crippen LogP contribution in [0.5, 0.6) is 0 Å². The molecule has 3 aromatic rings. The Morgan fingerprint density at radius 1 is 1.06 bits per heavy atom. The minimum absolute atomic E-state index is 0.106. The number of imidazole rings is 1. The van der Waals surface area contributed by atoms with Crippen LogP contribution in [-0.4, -0.2) is 135 Å². The van der Waals surface area contributed by atoms with E-state index in [1.165, 1.54) is 15.4 Å². The van der Waals surface area contributed by atoms with E-state index in [1.54, 1.807) is 23.9 Å². The summed E-state index contributed by atoms with van der Waals surface area (Å²) in [7, 11) is 1.69. The van der Waals surface area contributed by atoms with Crippen molar-refractivity contribution >= 4 is 52.2 Å². The van der Waals surface area contributed by atoms with E-state index in [2.05, 4.69) is 40.7 Å². The number of imide groups is 1. The quantitative estimate of drug-likeness (QED) is 0.118. The van der Waals surface area contributed by atoms with Crippen LogP contribution in [0.4, 0.5) is 24.5 Å². The maximum atomic E-state index is 15.6. The first kappa shape index (κ1) is 44.1. The summed E-state index contributed by atoms with van der Waals surface area (Å²) in [4.78, 5) is 62.3. The van der Waals surface area contributed by atoms with Gasteiger partial charge >= 0.3 is 5.69 Å². The number of ether oxygens (including phenoxy) is 2. The molecule has 21 heteroatoms. The number of aliphatic imine (C=N–C) groups is 1. The van der Waals surface area contributed by atoms with E-state index in [1.807, 2.05) is 18.2 Å². The van der Waals surface area contributed by atoms with Gasteiger partial charge < -0.3 is 35.3 Å². The molecule has 2 unspecified atom stereocenters. The summed E-state index contributed by atoms with van der Waals surface area (Å²) >= 11 is 0. The number of aryl methyl sites for hydroxylation is 1. The Labute approximate surface area is 378 Å². The summed E-state index contributed by atoms with van der Waals surface area (Å²) in [5.41, 5.74) is 1.16. The molecule has 6 aliphatic heterocycles. The highest BCUT2D eigenvalue weighted by molar-refractivity contribution is 6.18. The Hall–Kier alpha value is -5.80. The van der Waals surface area contributed by atoms with Crippen molar-refractivity contribution in [1.82, 2.24) is 39.3 Å². The first-order valence-corrected chi connectivity index (χ1v) is 23.0. The summed E-state index contributed by atoms with van der Waals surface area (Å²) < 4.78 is 60.6. The number of alkyl halides is 3. The normalized spacial score (nSPS) is 29.0. The Kier molecular flexibility index (Phi) is 12.1. The third-order valence-electron chi connectivity index (χ3n) is 14.5. The van der Waals surface area contributed by atoms with Crippen LogP contribution >= 0.6 is 0 Å². The highest BCUT2D eigenvalue weighted by atomic mass is 19.3. The molecule has 8 heterocycles. The van der Waals surface area contributed by atoms with Gasteiger partial charge in [0.15, 0.2) is 5.69 Å². The fourth-order valence-corrected chi connectivity index (χ4v) is 10.9. The molecule has 3 amide bonds. The third kappa shape index (κ3) is 8.44. The SMILES string of the molecule is Cn1c(=O)n(C2CCC(=O)NC2=O)c2cccc(N3CC(CO[C@H]4CCN(C[C@H]5CC[C@H](n6cc(NC(=O)/C(C=N)=C7\N=C(N8C[C@H]9CC8CO9)C=CN7)c(C(F)F)n6)CC5)C[C@@H]4F)C3)c21. The number of piperidine rings is 2. The maximum Gasteiger partial charge on any atom is 0.329 e. The molecule has 2 bridgehead atoms. The molecule has 4 N–H and O–H groups in total. The number of hydrogen-bond donors (Lipinski definition) is 4. The molecule has 5 saturated heterocycles. The molecular weight excluding hydrogens is 862 g/mol. The van der Waals surface area contributed by atoms with Crippen molar-refractivity contribution in [3.8, 4) is 0 Å². The lowest BCUT2D eigenvalue weighted by Crippen LogP contribution is -2.51. The second kappa shape index (κ2) is 18.1. The van der Waals surface area contributed by atoms with E-state index >= 15 is 4.39 Å². The summed E-state index contributed by atoms with van der Waals surface area (Å²) in [6.45, 7) is 4.80. The summed E-state index contributed by atoms with van der Waals surface area (Å²) in [5.74, 6) is -0.266. The molecule has 1 aliphatic carbocycles. The number of para-hydroxylation sites is 1. The van der Waals surface area contributed by atoms with Crippen LogP contribution in [0, 0.1) is 17.2 Å². The van der Waals surface area contributed by atoms with Crippen LogP contribution in [0.1, 0.15) is 75.6 Å². The zero-order chi connectivity index (χ0) is 45.8. The number of aromatic nitrogens is 4. The number of likely N-dealkylation sites (tertiary alicyclic amines) is 2. The Bertz CT molecular complexity index is 2560. The van der Waals surface area contributed by atoms with E-state index in [-0.39, 0.29) is 72.2 Å². The third-order valence-corrected chi connectivity index (χ3v) is 14.5. The molecular formula is C45H55F3N12O6. The number of morpholine rings is 1. The standard InChI is InChI=1S/C45H55F3N12O6/c1-55-40-33(3-2-4-34(40)60(45(55)64)35-9-10-38(61)53-44(35)63)57-18-26(19-57)23-66-36-12-14-56(21-31(36)46)17-25-5-7-27(8-6-25)59-22-32(39(54-59)41(47)48)51-43(62)30(16-49)42-50-13-11-37(52-42)58-20-29-15-28(58)24-65-29/h2-4,11,13,16,22,25-29,31,35-36,41,49-50H,5-10,12,14-15,17-21,23-24H2,1H3,(H,51,62)(H,53,61,63)/b42-30-,49-16?/t25-,27-,28?,29-,31+,35?,36+/m1/s1. The molecule has 2 aromatic heterocycles. The first-order chi connectivity index (χ1) is 31.9. The molecule has 5 atom stereocenters. The van der Waals surface area contributed by atoms with Gasteiger partial charge in [-0.3, -0.25) is 38.4 Å².